The van der Waals surface area contributed by atoms with Crippen LogP contribution in [-0.2, 0) is 14.3 Å². The molecule has 5 nitrogen and oxygen atoms in total. The minimum Gasteiger partial charge on any atom is -0.465 e. The highest BCUT2D eigenvalue weighted by molar-refractivity contribution is 5.99. The summed E-state index contributed by atoms with van der Waals surface area (Å²) >= 11 is 0. The van der Waals surface area contributed by atoms with E-state index in [1.807, 2.05) is 7.05 Å². The molecule has 21 heavy (non-hydrogen) atoms. The number of carbonyl (C=O) groups is 2. The molecule has 1 amide bonds. The molecule has 2 heterocycles. The maximum Gasteiger partial charge on any atom is 0.318 e. The Labute approximate surface area is 125 Å². The number of allylic oxidation sites excluding steroid dienone is 2. The third kappa shape index (κ3) is 1.94. The summed E-state index contributed by atoms with van der Waals surface area (Å²) in [6.45, 7) is 3.09. The fourth-order valence-corrected chi connectivity index (χ4v) is 4.75. The van der Waals surface area contributed by atoms with E-state index in [9.17, 15) is 9.59 Å². The molecule has 0 N–H and O–H groups in total. The molecule has 2 fully saturated rings. The molecule has 0 saturated carbocycles. The van der Waals surface area contributed by atoms with E-state index in [4.69, 9.17) is 4.74 Å². The summed E-state index contributed by atoms with van der Waals surface area (Å²) in [5.74, 6) is -0.993. The highest BCUT2D eigenvalue weighted by Crippen LogP contribution is 2.56. The monoisotopic (exact) mass is 292 g/mol. The number of hydrogen-bond donors (Lipinski definition) is 0. The number of piperidine rings is 1. The highest BCUT2D eigenvalue weighted by atomic mass is 16.5. The lowest BCUT2D eigenvalue weighted by molar-refractivity contribution is -0.176. The Balaban J connectivity index is 2.03. The van der Waals surface area contributed by atoms with Gasteiger partial charge in [0.1, 0.15) is 5.92 Å². The molecule has 0 radical (unpaired) electrons. The number of hydrogen-bond acceptors (Lipinski definition) is 4. The quantitative estimate of drug-likeness (QED) is 0.437. The standard InChI is InChI=1S/C16H24N2O3/c1-4-21-14(20)12-11-7-5-6-8-16(11)9-10-17(2)15(16)18(3)13(12)19/h5-6,11-12,15H,4,7-10H2,1-3H3/t11-,12-,15-,16+/m1/s1. The Morgan fingerprint density at radius 1 is 1.43 bits per heavy atom. The lowest BCUT2D eigenvalue weighted by Gasteiger charge is -2.54. The van der Waals surface area contributed by atoms with Gasteiger partial charge in [-0.1, -0.05) is 12.2 Å². The van der Waals surface area contributed by atoms with E-state index in [0.29, 0.717) is 6.61 Å². The van der Waals surface area contributed by atoms with E-state index in [2.05, 4.69) is 24.1 Å². The lowest BCUT2D eigenvalue weighted by atomic mass is 9.59. The summed E-state index contributed by atoms with van der Waals surface area (Å²) in [5.41, 5.74) is 0.00356. The molecule has 2 aliphatic heterocycles. The summed E-state index contributed by atoms with van der Waals surface area (Å²) in [5, 5.41) is 0. The molecule has 0 aromatic carbocycles. The average Bonchev–Trinajstić information content (AvgIpc) is 2.78. The maximum absolute atomic E-state index is 12.8. The predicted octanol–water partition coefficient (Wildman–Crippen LogP) is 1.25. The number of nitrogens with zero attached hydrogens (tertiary/aromatic N) is 2. The van der Waals surface area contributed by atoms with Crippen molar-refractivity contribution in [3.05, 3.63) is 12.2 Å². The van der Waals surface area contributed by atoms with Gasteiger partial charge in [0.25, 0.3) is 0 Å². The van der Waals surface area contributed by atoms with Crippen molar-refractivity contribution in [2.45, 2.75) is 32.4 Å². The first-order valence-corrected chi connectivity index (χ1v) is 7.81. The lowest BCUT2D eigenvalue weighted by Crippen LogP contribution is -2.64. The molecule has 0 unspecified atom stereocenters. The summed E-state index contributed by atoms with van der Waals surface area (Å²) in [4.78, 5) is 29.2. The van der Waals surface area contributed by atoms with Gasteiger partial charge in [-0.25, -0.2) is 0 Å². The molecule has 116 valence electrons. The first-order chi connectivity index (χ1) is 10.0. The van der Waals surface area contributed by atoms with Crippen molar-refractivity contribution in [2.24, 2.45) is 17.3 Å². The normalized spacial score (nSPS) is 39.1. The van der Waals surface area contributed by atoms with E-state index in [-0.39, 0.29) is 29.4 Å². The van der Waals surface area contributed by atoms with Gasteiger partial charge in [0.15, 0.2) is 0 Å². The largest absolute Gasteiger partial charge is 0.465 e. The summed E-state index contributed by atoms with van der Waals surface area (Å²) in [6, 6.07) is 0. The van der Waals surface area contributed by atoms with Crippen LogP contribution in [0.5, 0.6) is 0 Å². The average molecular weight is 292 g/mol. The first kappa shape index (κ1) is 14.6. The van der Waals surface area contributed by atoms with Crippen LogP contribution >= 0.6 is 0 Å². The van der Waals surface area contributed by atoms with Gasteiger partial charge >= 0.3 is 5.97 Å². The first-order valence-electron chi connectivity index (χ1n) is 7.81. The Hall–Kier alpha value is -1.36. The van der Waals surface area contributed by atoms with Crippen LogP contribution in [0.25, 0.3) is 0 Å². The molecule has 3 rings (SSSR count). The van der Waals surface area contributed by atoms with Crippen molar-refractivity contribution in [2.75, 3.05) is 27.2 Å². The zero-order chi connectivity index (χ0) is 15.2. The van der Waals surface area contributed by atoms with Crippen LogP contribution in [-0.4, -0.2) is 55.1 Å². The van der Waals surface area contributed by atoms with E-state index in [0.717, 1.165) is 25.8 Å². The molecule has 5 heteroatoms. The van der Waals surface area contributed by atoms with Gasteiger partial charge in [0, 0.05) is 19.0 Å². The molecular weight excluding hydrogens is 268 g/mol. The van der Waals surface area contributed by atoms with Crippen molar-refractivity contribution in [1.29, 1.82) is 0 Å². The van der Waals surface area contributed by atoms with Crippen molar-refractivity contribution in [3.8, 4) is 0 Å². The molecule has 1 spiro atoms. The van der Waals surface area contributed by atoms with Crippen molar-refractivity contribution in [3.63, 3.8) is 0 Å². The summed E-state index contributed by atoms with van der Waals surface area (Å²) in [7, 11) is 3.90. The Morgan fingerprint density at radius 3 is 2.90 bits per heavy atom. The van der Waals surface area contributed by atoms with Crippen LogP contribution in [0, 0.1) is 17.3 Å². The fourth-order valence-electron chi connectivity index (χ4n) is 4.75. The zero-order valence-electron chi connectivity index (χ0n) is 13.0. The van der Waals surface area contributed by atoms with Gasteiger partial charge in [-0.3, -0.25) is 14.5 Å². The van der Waals surface area contributed by atoms with Crippen molar-refractivity contribution >= 4 is 11.9 Å². The summed E-state index contributed by atoms with van der Waals surface area (Å²) < 4.78 is 5.20. The molecule has 0 aromatic heterocycles. The van der Waals surface area contributed by atoms with E-state index in [1.165, 1.54) is 0 Å². The van der Waals surface area contributed by atoms with Crippen LogP contribution in [0.1, 0.15) is 26.2 Å². The topological polar surface area (TPSA) is 49.9 Å². The smallest absolute Gasteiger partial charge is 0.318 e. The molecule has 1 aliphatic carbocycles. The second-order valence-electron chi connectivity index (χ2n) is 6.53. The zero-order valence-corrected chi connectivity index (χ0v) is 13.0. The predicted molar refractivity (Wildman–Crippen MR) is 78.2 cm³/mol. The van der Waals surface area contributed by atoms with E-state index in [1.54, 1.807) is 11.8 Å². The maximum atomic E-state index is 12.8. The van der Waals surface area contributed by atoms with Crippen molar-refractivity contribution in [1.82, 2.24) is 9.80 Å². The third-order valence-corrected chi connectivity index (χ3v) is 5.58. The number of esters is 1. The second-order valence-corrected chi connectivity index (χ2v) is 6.53. The van der Waals surface area contributed by atoms with Crippen LogP contribution in [0.15, 0.2) is 12.2 Å². The van der Waals surface area contributed by atoms with Gasteiger partial charge in [0.05, 0.1) is 12.8 Å². The molecule has 4 atom stereocenters. The Morgan fingerprint density at radius 2 is 2.19 bits per heavy atom. The van der Waals surface area contributed by atoms with Gasteiger partial charge in [-0.2, -0.15) is 0 Å². The minimum atomic E-state index is -0.636. The number of ether oxygens (including phenoxy) is 1. The van der Waals surface area contributed by atoms with Gasteiger partial charge in [-0.15, -0.1) is 0 Å². The SMILES string of the molecule is CCOC(=O)[C@H]1C(=O)N(C)[C@H]2N(C)CC[C@]23CC=CC[C@H]13. The van der Waals surface area contributed by atoms with Gasteiger partial charge < -0.3 is 9.64 Å². The number of amides is 1. The molecule has 2 saturated heterocycles. The number of carbonyl (C=O) groups excluding carboxylic acids is 2. The Kier molecular flexibility index (Phi) is 3.56. The minimum absolute atomic E-state index is 0.00356. The highest BCUT2D eigenvalue weighted by Gasteiger charge is 2.62. The van der Waals surface area contributed by atoms with Gasteiger partial charge in [-0.05, 0) is 39.2 Å². The third-order valence-electron chi connectivity index (χ3n) is 5.58. The van der Waals surface area contributed by atoms with Crippen LogP contribution in [0.3, 0.4) is 0 Å². The van der Waals surface area contributed by atoms with Crippen LogP contribution in [0.2, 0.25) is 0 Å². The molecule has 3 aliphatic rings. The van der Waals surface area contributed by atoms with Crippen LogP contribution < -0.4 is 0 Å². The van der Waals surface area contributed by atoms with E-state index < -0.39 is 5.92 Å². The summed E-state index contributed by atoms with van der Waals surface area (Å²) in [6.07, 6.45) is 7.22. The van der Waals surface area contributed by atoms with Gasteiger partial charge in [0.2, 0.25) is 5.91 Å². The second kappa shape index (κ2) is 5.13. The van der Waals surface area contributed by atoms with Crippen molar-refractivity contribution < 1.29 is 14.3 Å². The molecule has 0 aromatic rings. The Bertz CT molecular complexity index is 490. The molecule has 0 bridgehead atoms. The van der Waals surface area contributed by atoms with E-state index >= 15 is 0 Å². The van der Waals surface area contributed by atoms with Crippen LogP contribution in [0.4, 0.5) is 0 Å². The molecular formula is C16H24N2O3. The number of likely N-dealkylation sites (tertiary alicyclic amines) is 2. The number of rotatable bonds is 2. The fraction of sp³-hybridized carbons (Fsp3) is 0.750.